The standard InChI is InChI=1S/C20H42N2O/c1-4-6-8-9-11-13-20(12-10-7-5-2)21(3)14-15-22-16-18-23-19-17-22/h20H,4-19H2,1-3H3. The molecule has 3 nitrogen and oxygen atoms in total. The van der Waals surface area contributed by atoms with Crippen LogP contribution in [0.2, 0.25) is 0 Å². The normalized spacial score (nSPS) is 17.7. The molecule has 0 radical (unpaired) electrons. The highest BCUT2D eigenvalue weighted by atomic mass is 16.5. The van der Waals surface area contributed by atoms with E-state index in [0.29, 0.717) is 0 Å². The van der Waals surface area contributed by atoms with E-state index in [1.807, 2.05) is 0 Å². The molecule has 0 amide bonds. The van der Waals surface area contributed by atoms with Crippen molar-refractivity contribution in [3.63, 3.8) is 0 Å². The lowest BCUT2D eigenvalue weighted by molar-refractivity contribution is 0.0320. The molecule has 0 aliphatic carbocycles. The Morgan fingerprint density at radius 2 is 1.43 bits per heavy atom. The van der Waals surface area contributed by atoms with Crippen LogP contribution in [0.1, 0.15) is 78.1 Å². The van der Waals surface area contributed by atoms with Crippen LogP contribution in [0.25, 0.3) is 0 Å². The molecule has 1 unspecified atom stereocenters. The maximum atomic E-state index is 5.45. The van der Waals surface area contributed by atoms with Crippen LogP contribution in [0.15, 0.2) is 0 Å². The van der Waals surface area contributed by atoms with Gasteiger partial charge in [0.15, 0.2) is 0 Å². The molecule has 0 spiro atoms. The van der Waals surface area contributed by atoms with E-state index in [4.69, 9.17) is 4.74 Å². The maximum Gasteiger partial charge on any atom is 0.0594 e. The fraction of sp³-hybridized carbons (Fsp3) is 1.00. The third kappa shape index (κ3) is 10.4. The first-order valence-corrected chi connectivity index (χ1v) is 10.3. The Balaban J connectivity index is 2.26. The molecule has 1 atom stereocenters. The molecule has 138 valence electrons. The number of hydrogen-bond acceptors (Lipinski definition) is 3. The Morgan fingerprint density at radius 1 is 0.870 bits per heavy atom. The van der Waals surface area contributed by atoms with Gasteiger partial charge in [-0.1, -0.05) is 65.2 Å². The quantitative estimate of drug-likeness (QED) is 0.435. The zero-order valence-electron chi connectivity index (χ0n) is 16.2. The zero-order valence-corrected chi connectivity index (χ0v) is 16.2. The highest BCUT2D eigenvalue weighted by molar-refractivity contribution is 4.72. The van der Waals surface area contributed by atoms with Crippen molar-refractivity contribution in [2.45, 2.75) is 84.1 Å². The topological polar surface area (TPSA) is 15.7 Å². The van der Waals surface area contributed by atoms with Gasteiger partial charge in [0.1, 0.15) is 0 Å². The van der Waals surface area contributed by atoms with Crippen LogP contribution in [0.4, 0.5) is 0 Å². The number of unbranched alkanes of at least 4 members (excludes halogenated alkanes) is 6. The summed E-state index contributed by atoms with van der Waals surface area (Å²) >= 11 is 0. The largest absolute Gasteiger partial charge is 0.379 e. The van der Waals surface area contributed by atoms with Crippen molar-refractivity contribution < 1.29 is 4.74 Å². The van der Waals surface area contributed by atoms with Crippen molar-refractivity contribution in [2.75, 3.05) is 46.4 Å². The van der Waals surface area contributed by atoms with Crippen molar-refractivity contribution in [3.05, 3.63) is 0 Å². The first kappa shape index (κ1) is 20.9. The van der Waals surface area contributed by atoms with Crippen LogP contribution in [0, 0.1) is 0 Å². The summed E-state index contributed by atoms with van der Waals surface area (Å²) in [6.07, 6.45) is 13.9. The minimum Gasteiger partial charge on any atom is -0.379 e. The zero-order chi connectivity index (χ0) is 16.8. The van der Waals surface area contributed by atoms with Gasteiger partial charge in [0.2, 0.25) is 0 Å². The molecule has 0 N–H and O–H groups in total. The lowest BCUT2D eigenvalue weighted by Crippen LogP contribution is -2.43. The Morgan fingerprint density at radius 3 is 2.09 bits per heavy atom. The van der Waals surface area contributed by atoms with Crippen LogP contribution < -0.4 is 0 Å². The average molecular weight is 327 g/mol. The van der Waals surface area contributed by atoms with E-state index in [-0.39, 0.29) is 0 Å². The molecule has 1 heterocycles. The summed E-state index contributed by atoms with van der Waals surface area (Å²) in [6, 6.07) is 0.796. The van der Waals surface area contributed by atoms with Crippen LogP contribution in [0.5, 0.6) is 0 Å². The summed E-state index contributed by atoms with van der Waals surface area (Å²) in [7, 11) is 2.35. The summed E-state index contributed by atoms with van der Waals surface area (Å²) in [5.74, 6) is 0. The highest BCUT2D eigenvalue weighted by Gasteiger charge is 2.16. The summed E-state index contributed by atoms with van der Waals surface area (Å²) in [6.45, 7) is 11.1. The Labute approximate surface area is 145 Å². The Kier molecular flexibility index (Phi) is 13.0. The van der Waals surface area contributed by atoms with Crippen LogP contribution in [-0.2, 0) is 4.74 Å². The predicted molar refractivity (Wildman–Crippen MR) is 101 cm³/mol. The van der Waals surface area contributed by atoms with Crippen molar-refractivity contribution in [1.82, 2.24) is 9.80 Å². The van der Waals surface area contributed by atoms with Crippen molar-refractivity contribution in [1.29, 1.82) is 0 Å². The smallest absolute Gasteiger partial charge is 0.0594 e. The number of nitrogens with zero attached hydrogens (tertiary/aromatic N) is 2. The van der Waals surface area contributed by atoms with E-state index in [9.17, 15) is 0 Å². The lowest BCUT2D eigenvalue weighted by Gasteiger charge is -2.32. The molecule has 3 heteroatoms. The Hall–Kier alpha value is -0.120. The summed E-state index contributed by atoms with van der Waals surface area (Å²) in [5.41, 5.74) is 0. The monoisotopic (exact) mass is 326 g/mol. The van der Waals surface area contributed by atoms with Gasteiger partial charge < -0.3 is 9.64 Å². The predicted octanol–water partition coefficient (Wildman–Crippen LogP) is 4.56. The number of ether oxygens (including phenoxy) is 1. The molecular formula is C20H42N2O. The van der Waals surface area contributed by atoms with Gasteiger partial charge in [-0.05, 0) is 19.9 Å². The molecule has 1 aliphatic heterocycles. The van der Waals surface area contributed by atoms with Crippen molar-refractivity contribution in [2.24, 2.45) is 0 Å². The molecule has 1 saturated heterocycles. The Bertz CT molecular complexity index is 254. The molecule has 23 heavy (non-hydrogen) atoms. The van der Waals surface area contributed by atoms with E-state index >= 15 is 0 Å². The second-order valence-electron chi connectivity index (χ2n) is 7.29. The second-order valence-corrected chi connectivity index (χ2v) is 7.29. The van der Waals surface area contributed by atoms with E-state index in [1.165, 1.54) is 77.3 Å². The van der Waals surface area contributed by atoms with Gasteiger partial charge in [-0.3, -0.25) is 4.90 Å². The molecule has 0 aromatic rings. The lowest BCUT2D eigenvalue weighted by atomic mass is 10.00. The van der Waals surface area contributed by atoms with Crippen LogP contribution in [-0.4, -0.2) is 62.3 Å². The van der Waals surface area contributed by atoms with Crippen LogP contribution in [0.3, 0.4) is 0 Å². The third-order valence-corrected chi connectivity index (χ3v) is 5.28. The number of likely N-dealkylation sites (N-methyl/N-ethyl adjacent to an activating group) is 1. The number of hydrogen-bond donors (Lipinski definition) is 0. The SMILES string of the molecule is CCCCCCCC(CCCCC)N(C)CCN1CCOCC1. The average Bonchev–Trinajstić information content (AvgIpc) is 2.59. The van der Waals surface area contributed by atoms with Crippen molar-refractivity contribution in [3.8, 4) is 0 Å². The van der Waals surface area contributed by atoms with Crippen LogP contribution >= 0.6 is 0 Å². The van der Waals surface area contributed by atoms with Gasteiger partial charge in [-0.15, -0.1) is 0 Å². The summed E-state index contributed by atoms with van der Waals surface area (Å²) in [4.78, 5) is 5.20. The van der Waals surface area contributed by atoms with E-state index < -0.39 is 0 Å². The van der Waals surface area contributed by atoms with Gasteiger partial charge in [0.25, 0.3) is 0 Å². The van der Waals surface area contributed by atoms with Gasteiger partial charge in [0.05, 0.1) is 13.2 Å². The fourth-order valence-electron chi connectivity index (χ4n) is 3.51. The van der Waals surface area contributed by atoms with Crippen molar-refractivity contribution >= 4 is 0 Å². The third-order valence-electron chi connectivity index (χ3n) is 5.28. The van der Waals surface area contributed by atoms with E-state index in [0.717, 1.165) is 32.3 Å². The molecule has 0 aromatic carbocycles. The van der Waals surface area contributed by atoms with E-state index in [1.54, 1.807) is 0 Å². The first-order chi connectivity index (χ1) is 11.3. The molecule has 1 rings (SSSR count). The molecule has 0 saturated carbocycles. The van der Waals surface area contributed by atoms with Gasteiger partial charge >= 0.3 is 0 Å². The molecular weight excluding hydrogens is 284 g/mol. The van der Waals surface area contributed by atoms with Gasteiger partial charge in [-0.25, -0.2) is 0 Å². The first-order valence-electron chi connectivity index (χ1n) is 10.3. The molecule has 0 bridgehead atoms. The van der Waals surface area contributed by atoms with E-state index in [2.05, 4.69) is 30.7 Å². The van der Waals surface area contributed by atoms with Gasteiger partial charge in [-0.2, -0.15) is 0 Å². The molecule has 1 fully saturated rings. The highest BCUT2D eigenvalue weighted by Crippen LogP contribution is 2.17. The summed E-state index contributed by atoms with van der Waals surface area (Å²) in [5, 5.41) is 0. The number of morpholine rings is 1. The minimum atomic E-state index is 0.796. The molecule has 1 aliphatic rings. The maximum absolute atomic E-state index is 5.45. The summed E-state index contributed by atoms with van der Waals surface area (Å²) < 4.78 is 5.45. The fourth-order valence-corrected chi connectivity index (χ4v) is 3.51. The number of rotatable bonds is 14. The molecule has 0 aromatic heterocycles. The second kappa shape index (κ2) is 14.2. The van der Waals surface area contributed by atoms with Gasteiger partial charge in [0, 0.05) is 32.2 Å². The minimum absolute atomic E-state index is 0.796.